The number of hydrogen-bond acceptors (Lipinski definition) is 4. The number of halogens is 1. The predicted molar refractivity (Wildman–Crippen MR) is 197 cm³/mol. The largest absolute Gasteiger partial charge is 0.507 e. The average Bonchev–Trinajstić information content (AvgIpc) is 3.07. The summed E-state index contributed by atoms with van der Waals surface area (Å²) in [6.07, 6.45) is 12.4. The summed E-state index contributed by atoms with van der Waals surface area (Å²) < 4.78 is 6.70. The van der Waals surface area contributed by atoms with Crippen molar-refractivity contribution in [3.63, 3.8) is 0 Å². The molecule has 1 amide bonds. The van der Waals surface area contributed by atoms with Gasteiger partial charge in [0, 0.05) is 55.3 Å². The van der Waals surface area contributed by atoms with Crippen LogP contribution in [0.4, 0.5) is 0 Å². The molecule has 3 aromatic rings. The summed E-state index contributed by atoms with van der Waals surface area (Å²) in [7, 11) is 0. The van der Waals surface area contributed by atoms with Gasteiger partial charge in [0.2, 0.25) is 0 Å². The Morgan fingerprint density at radius 3 is 1.92 bits per heavy atom. The summed E-state index contributed by atoms with van der Waals surface area (Å²) in [5.74, 6) is 1.33. The van der Waals surface area contributed by atoms with Gasteiger partial charge in [-0.1, -0.05) is 111 Å². The topological polar surface area (TPSA) is 53.0 Å². The lowest BCUT2D eigenvalue weighted by Gasteiger charge is -2.37. The van der Waals surface area contributed by atoms with Crippen molar-refractivity contribution < 1.29 is 14.6 Å². The van der Waals surface area contributed by atoms with Crippen molar-refractivity contribution in [1.82, 2.24) is 9.80 Å². The minimum absolute atomic E-state index is 0.0000758. The number of aryl methyl sites for hydroxylation is 2. The molecule has 3 aliphatic rings. The van der Waals surface area contributed by atoms with Gasteiger partial charge in [0.25, 0.3) is 5.91 Å². The molecule has 5 nitrogen and oxygen atoms in total. The molecule has 1 saturated heterocycles. The average molecular weight is 671 g/mol. The van der Waals surface area contributed by atoms with Gasteiger partial charge in [0.05, 0.1) is 0 Å². The highest BCUT2D eigenvalue weighted by molar-refractivity contribution is 6.30. The van der Waals surface area contributed by atoms with Crippen LogP contribution in [-0.4, -0.2) is 53.6 Å². The standard InChI is InChI=1S/C42H55ClN2O3/c1-30-23-33(39(47)36(25-30)41(3)15-7-5-8-16-41)27-34-24-31(2)26-37(42(4)17-9-6-10-18-42)40(34)48-29-38(46)45-21-19-44(20-22-45)28-32-11-13-35(43)14-12-32/h11-14,23-26,47H,5-10,15-22,27-29H2,1-4H3. The van der Waals surface area contributed by atoms with E-state index in [0.717, 1.165) is 72.8 Å². The third-order valence-electron chi connectivity index (χ3n) is 11.6. The molecule has 3 fully saturated rings. The third-order valence-corrected chi connectivity index (χ3v) is 11.9. The number of aromatic hydroxyl groups is 1. The number of phenolic OH excluding ortho intramolecular Hbond substituents is 1. The third kappa shape index (κ3) is 7.89. The summed E-state index contributed by atoms with van der Waals surface area (Å²) in [5, 5.41) is 12.6. The molecular formula is C42H55ClN2O3. The summed E-state index contributed by atoms with van der Waals surface area (Å²) >= 11 is 6.07. The second kappa shape index (κ2) is 14.8. The van der Waals surface area contributed by atoms with Gasteiger partial charge in [-0.05, 0) is 79.2 Å². The normalized spacial score (nSPS) is 19.6. The summed E-state index contributed by atoms with van der Waals surface area (Å²) in [6.45, 7) is 13.0. The Hall–Kier alpha value is -3.02. The van der Waals surface area contributed by atoms with Crippen LogP contribution in [0, 0.1) is 13.8 Å². The highest BCUT2D eigenvalue weighted by Crippen LogP contribution is 2.47. The Morgan fingerprint density at radius 1 is 0.771 bits per heavy atom. The molecule has 0 atom stereocenters. The first-order chi connectivity index (χ1) is 23.0. The van der Waals surface area contributed by atoms with Crippen LogP contribution in [0.15, 0.2) is 48.5 Å². The van der Waals surface area contributed by atoms with Gasteiger partial charge in [-0.3, -0.25) is 9.69 Å². The van der Waals surface area contributed by atoms with Crippen molar-refractivity contribution in [3.05, 3.63) is 92.5 Å². The zero-order valence-electron chi connectivity index (χ0n) is 29.7. The van der Waals surface area contributed by atoms with Crippen LogP contribution in [0.2, 0.25) is 5.02 Å². The minimum Gasteiger partial charge on any atom is -0.507 e. The van der Waals surface area contributed by atoms with Crippen molar-refractivity contribution in [2.45, 2.75) is 116 Å². The van der Waals surface area contributed by atoms with Crippen molar-refractivity contribution >= 4 is 17.5 Å². The maximum atomic E-state index is 13.7. The SMILES string of the molecule is Cc1cc(Cc2cc(C)cc(C3(C)CCCCC3)c2OCC(=O)N2CCN(Cc3ccc(Cl)cc3)CC2)c(O)c(C2(C)CCCCC2)c1. The van der Waals surface area contributed by atoms with Crippen molar-refractivity contribution in [2.24, 2.45) is 0 Å². The zero-order valence-corrected chi connectivity index (χ0v) is 30.4. The van der Waals surface area contributed by atoms with E-state index in [-0.39, 0.29) is 23.3 Å². The molecule has 2 aliphatic carbocycles. The Bertz CT molecular complexity index is 1580. The van der Waals surface area contributed by atoms with E-state index < -0.39 is 0 Å². The number of rotatable bonds is 9. The Balaban J connectivity index is 1.24. The fraction of sp³-hybridized carbons (Fsp3) is 0.548. The number of ether oxygens (including phenoxy) is 1. The Morgan fingerprint density at radius 2 is 1.31 bits per heavy atom. The molecule has 48 heavy (non-hydrogen) atoms. The quantitative estimate of drug-likeness (QED) is 0.246. The van der Waals surface area contributed by atoms with Crippen LogP contribution >= 0.6 is 11.6 Å². The molecule has 0 aromatic heterocycles. The molecule has 0 bridgehead atoms. The van der Waals surface area contributed by atoms with E-state index in [0.29, 0.717) is 25.3 Å². The molecule has 1 aliphatic heterocycles. The molecule has 6 rings (SSSR count). The lowest BCUT2D eigenvalue weighted by Crippen LogP contribution is -2.49. The Kier molecular flexibility index (Phi) is 10.8. The van der Waals surface area contributed by atoms with Crippen molar-refractivity contribution in [1.29, 1.82) is 0 Å². The Labute approximate surface area is 293 Å². The van der Waals surface area contributed by atoms with Crippen molar-refractivity contribution in [2.75, 3.05) is 32.8 Å². The van der Waals surface area contributed by atoms with Gasteiger partial charge in [0.15, 0.2) is 6.61 Å². The lowest BCUT2D eigenvalue weighted by atomic mass is 9.69. The number of hydrogen-bond donors (Lipinski definition) is 1. The molecule has 0 unspecified atom stereocenters. The first kappa shape index (κ1) is 34.8. The van der Waals surface area contributed by atoms with Crippen LogP contribution in [0.25, 0.3) is 0 Å². The molecule has 6 heteroatoms. The van der Waals surface area contributed by atoms with E-state index in [9.17, 15) is 9.90 Å². The molecule has 3 aromatic carbocycles. The molecule has 1 heterocycles. The maximum Gasteiger partial charge on any atom is 0.260 e. The fourth-order valence-electron chi connectivity index (χ4n) is 8.68. The molecule has 0 spiro atoms. The number of phenols is 1. The van der Waals surface area contributed by atoms with E-state index in [4.69, 9.17) is 16.3 Å². The van der Waals surface area contributed by atoms with Crippen LogP contribution in [0.5, 0.6) is 11.5 Å². The lowest BCUT2D eigenvalue weighted by molar-refractivity contribution is -0.135. The van der Waals surface area contributed by atoms with Gasteiger partial charge in [-0.25, -0.2) is 0 Å². The first-order valence-electron chi connectivity index (χ1n) is 18.4. The summed E-state index contributed by atoms with van der Waals surface area (Å²) in [6, 6.07) is 16.9. The van der Waals surface area contributed by atoms with Gasteiger partial charge in [0.1, 0.15) is 11.5 Å². The summed E-state index contributed by atoms with van der Waals surface area (Å²) in [4.78, 5) is 18.0. The first-order valence-corrected chi connectivity index (χ1v) is 18.8. The monoisotopic (exact) mass is 670 g/mol. The molecule has 2 saturated carbocycles. The molecule has 0 radical (unpaired) electrons. The number of benzene rings is 3. The highest BCUT2D eigenvalue weighted by Gasteiger charge is 2.35. The second-order valence-corrected chi connectivity index (χ2v) is 16.0. The van der Waals surface area contributed by atoms with E-state index in [2.05, 4.69) is 69.0 Å². The van der Waals surface area contributed by atoms with E-state index >= 15 is 0 Å². The van der Waals surface area contributed by atoms with Crippen LogP contribution in [0.3, 0.4) is 0 Å². The van der Waals surface area contributed by atoms with Crippen LogP contribution in [-0.2, 0) is 28.6 Å². The predicted octanol–water partition coefficient (Wildman–Crippen LogP) is 9.42. The van der Waals surface area contributed by atoms with Gasteiger partial charge >= 0.3 is 0 Å². The number of nitrogens with zero attached hydrogens (tertiary/aromatic N) is 2. The van der Waals surface area contributed by atoms with Crippen LogP contribution in [0.1, 0.15) is 117 Å². The molecule has 1 N–H and O–H groups in total. The highest BCUT2D eigenvalue weighted by atomic mass is 35.5. The van der Waals surface area contributed by atoms with E-state index in [1.807, 2.05) is 17.0 Å². The van der Waals surface area contributed by atoms with Crippen molar-refractivity contribution in [3.8, 4) is 11.5 Å². The molecule has 258 valence electrons. The second-order valence-electron chi connectivity index (χ2n) is 15.6. The zero-order chi connectivity index (χ0) is 33.9. The number of carbonyl (C=O) groups excluding carboxylic acids is 1. The number of piperazine rings is 1. The van der Waals surface area contributed by atoms with Gasteiger partial charge < -0.3 is 14.7 Å². The van der Waals surface area contributed by atoms with E-state index in [1.54, 1.807) is 0 Å². The van der Waals surface area contributed by atoms with Gasteiger partial charge in [-0.2, -0.15) is 0 Å². The van der Waals surface area contributed by atoms with Crippen LogP contribution < -0.4 is 4.74 Å². The minimum atomic E-state index is 0.0000758. The van der Waals surface area contributed by atoms with E-state index in [1.165, 1.54) is 60.8 Å². The number of carbonyl (C=O) groups is 1. The van der Waals surface area contributed by atoms with Gasteiger partial charge in [-0.15, -0.1) is 0 Å². The summed E-state index contributed by atoms with van der Waals surface area (Å²) in [5.41, 5.74) is 7.96. The molecular weight excluding hydrogens is 616 g/mol. The fourth-order valence-corrected chi connectivity index (χ4v) is 8.81. The smallest absolute Gasteiger partial charge is 0.260 e. The maximum absolute atomic E-state index is 13.7. The number of amides is 1.